The first kappa shape index (κ1) is 14.9. The number of ether oxygens (including phenoxy) is 2. The van der Waals surface area contributed by atoms with Crippen molar-refractivity contribution in [2.24, 2.45) is 0 Å². The minimum atomic E-state index is 0.376. The zero-order valence-electron chi connectivity index (χ0n) is 13.1. The molecule has 0 aromatic heterocycles. The van der Waals surface area contributed by atoms with Gasteiger partial charge in [-0.25, -0.2) is 0 Å². The summed E-state index contributed by atoms with van der Waals surface area (Å²) < 4.78 is 12.1. The van der Waals surface area contributed by atoms with Crippen LogP contribution in [0.1, 0.15) is 43.7 Å². The Labute approximate surface area is 128 Å². The standard InChI is InChI=1S/C18H27NO2/c1-2-3-10-20-18-11-14-4-5-17(12-15(14)13-18)21-16-6-8-19-9-7-16/h4-5,12,16,18-19H,2-3,6-11,13H2,1H3. The lowest BCUT2D eigenvalue weighted by molar-refractivity contribution is 0.0588. The fourth-order valence-corrected chi connectivity index (χ4v) is 3.25. The highest BCUT2D eigenvalue weighted by atomic mass is 16.5. The van der Waals surface area contributed by atoms with E-state index in [-0.39, 0.29) is 0 Å². The van der Waals surface area contributed by atoms with Crippen molar-refractivity contribution in [3.05, 3.63) is 29.3 Å². The van der Waals surface area contributed by atoms with Gasteiger partial charge in [0.1, 0.15) is 11.9 Å². The summed E-state index contributed by atoms with van der Waals surface area (Å²) in [4.78, 5) is 0. The maximum atomic E-state index is 6.13. The third-order valence-corrected chi connectivity index (χ3v) is 4.51. The molecule has 1 N–H and O–H groups in total. The van der Waals surface area contributed by atoms with Crippen LogP contribution < -0.4 is 10.1 Å². The Hall–Kier alpha value is -1.06. The molecule has 2 aliphatic rings. The van der Waals surface area contributed by atoms with E-state index in [1.54, 1.807) is 0 Å². The number of fused-ring (bicyclic) bond motifs is 1. The van der Waals surface area contributed by atoms with Crippen LogP contribution in [0.5, 0.6) is 5.75 Å². The summed E-state index contributed by atoms with van der Waals surface area (Å²) in [6, 6.07) is 6.60. The van der Waals surface area contributed by atoms with Gasteiger partial charge < -0.3 is 14.8 Å². The molecule has 1 saturated heterocycles. The minimum absolute atomic E-state index is 0.376. The van der Waals surface area contributed by atoms with Crippen molar-refractivity contribution in [2.75, 3.05) is 19.7 Å². The molecule has 1 heterocycles. The highest BCUT2D eigenvalue weighted by Crippen LogP contribution is 2.29. The molecule has 1 fully saturated rings. The fourth-order valence-electron chi connectivity index (χ4n) is 3.25. The maximum Gasteiger partial charge on any atom is 0.120 e. The Morgan fingerprint density at radius 3 is 2.71 bits per heavy atom. The maximum absolute atomic E-state index is 6.13. The van der Waals surface area contributed by atoms with Gasteiger partial charge in [0, 0.05) is 6.61 Å². The number of nitrogens with one attached hydrogen (secondary N) is 1. The quantitative estimate of drug-likeness (QED) is 0.816. The van der Waals surface area contributed by atoms with Crippen LogP contribution in [0.15, 0.2) is 18.2 Å². The molecule has 1 aliphatic carbocycles. The number of benzene rings is 1. The molecular weight excluding hydrogens is 262 g/mol. The van der Waals surface area contributed by atoms with E-state index in [4.69, 9.17) is 9.47 Å². The molecule has 0 spiro atoms. The summed E-state index contributed by atoms with van der Waals surface area (Å²) in [6.45, 7) is 5.25. The lowest BCUT2D eigenvalue weighted by Crippen LogP contribution is -2.34. The Kier molecular flexibility index (Phi) is 5.15. The van der Waals surface area contributed by atoms with E-state index in [9.17, 15) is 0 Å². The third-order valence-electron chi connectivity index (χ3n) is 4.51. The van der Waals surface area contributed by atoms with E-state index in [2.05, 4.69) is 30.4 Å². The van der Waals surface area contributed by atoms with E-state index < -0.39 is 0 Å². The second-order valence-corrected chi connectivity index (χ2v) is 6.25. The van der Waals surface area contributed by atoms with Crippen LogP contribution in [-0.4, -0.2) is 31.9 Å². The van der Waals surface area contributed by atoms with Gasteiger partial charge in [-0.3, -0.25) is 0 Å². The van der Waals surface area contributed by atoms with E-state index in [0.717, 1.165) is 57.6 Å². The number of rotatable bonds is 6. The minimum Gasteiger partial charge on any atom is -0.490 e. The van der Waals surface area contributed by atoms with Gasteiger partial charge in [0.25, 0.3) is 0 Å². The molecule has 3 rings (SSSR count). The first-order chi connectivity index (χ1) is 10.3. The molecule has 21 heavy (non-hydrogen) atoms. The predicted molar refractivity (Wildman–Crippen MR) is 85.0 cm³/mol. The van der Waals surface area contributed by atoms with Gasteiger partial charge in [0.2, 0.25) is 0 Å². The second-order valence-electron chi connectivity index (χ2n) is 6.25. The summed E-state index contributed by atoms with van der Waals surface area (Å²) in [7, 11) is 0. The molecule has 0 amide bonds. The van der Waals surface area contributed by atoms with Crippen molar-refractivity contribution in [1.82, 2.24) is 5.32 Å². The van der Waals surface area contributed by atoms with Crippen LogP contribution in [0.25, 0.3) is 0 Å². The van der Waals surface area contributed by atoms with E-state index >= 15 is 0 Å². The van der Waals surface area contributed by atoms with Crippen molar-refractivity contribution in [3.8, 4) is 5.75 Å². The normalized spacial score (nSPS) is 22.2. The highest BCUT2D eigenvalue weighted by Gasteiger charge is 2.23. The molecule has 1 aliphatic heterocycles. The van der Waals surface area contributed by atoms with Gasteiger partial charge in [-0.15, -0.1) is 0 Å². The zero-order chi connectivity index (χ0) is 14.5. The summed E-state index contributed by atoms with van der Waals surface area (Å²) in [6.07, 6.45) is 7.45. The highest BCUT2D eigenvalue weighted by molar-refractivity contribution is 5.39. The van der Waals surface area contributed by atoms with E-state index in [1.807, 2.05) is 0 Å². The van der Waals surface area contributed by atoms with Crippen LogP contribution in [0.4, 0.5) is 0 Å². The molecule has 1 atom stereocenters. The van der Waals surface area contributed by atoms with Gasteiger partial charge in [-0.2, -0.15) is 0 Å². The lowest BCUT2D eigenvalue weighted by atomic mass is 10.1. The van der Waals surface area contributed by atoms with Crippen LogP contribution >= 0.6 is 0 Å². The van der Waals surface area contributed by atoms with Crippen LogP contribution in [0.3, 0.4) is 0 Å². The summed E-state index contributed by atoms with van der Waals surface area (Å²) in [5, 5.41) is 3.38. The second kappa shape index (κ2) is 7.28. The largest absolute Gasteiger partial charge is 0.490 e. The summed E-state index contributed by atoms with van der Waals surface area (Å²) in [5.74, 6) is 1.04. The molecule has 0 radical (unpaired) electrons. The predicted octanol–water partition coefficient (Wildman–Crippen LogP) is 3.10. The van der Waals surface area contributed by atoms with E-state index in [0.29, 0.717) is 12.2 Å². The number of hydrogen-bond donors (Lipinski definition) is 1. The van der Waals surface area contributed by atoms with Gasteiger partial charge in [0.15, 0.2) is 0 Å². The number of unbranched alkanes of at least 4 members (excludes halogenated alkanes) is 1. The number of hydrogen-bond acceptors (Lipinski definition) is 3. The molecule has 0 bridgehead atoms. The topological polar surface area (TPSA) is 30.5 Å². The smallest absolute Gasteiger partial charge is 0.120 e. The average Bonchev–Trinajstić information content (AvgIpc) is 2.90. The molecular formula is C18H27NO2. The van der Waals surface area contributed by atoms with Crippen molar-refractivity contribution >= 4 is 0 Å². The van der Waals surface area contributed by atoms with E-state index in [1.165, 1.54) is 17.5 Å². The Morgan fingerprint density at radius 1 is 1.10 bits per heavy atom. The summed E-state index contributed by atoms with van der Waals surface area (Å²) >= 11 is 0. The van der Waals surface area contributed by atoms with Crippen molar-refractivity contribution in [1.29, 1.82) is 0 Å². The average molecular weight is 289 g/mol. The molecule has 0 saturated carbocycles. The Morgan fingerprint density at radius 2 is 1.90 bits per heavy atom. The number of piperidine rings is 1. The zero-order valence-corrected chi connectivity index (χ0v) is 13.1. The third kappa shape index (κ3) is 3.98. The van der Waals surface area contributed by atoms with Gasteiger partial charge in [0.05, 0.1) is 6.10 Å². The van der Waals surface area contributed by atoms with Gasteiger partial charge in [-0.1, -0.05) is 19.4 Å². The monoisotopic (exact) mass is 289 g/mol. The van der Waals surface area contributed by atoms with Crippen molar-refractivity contribution < 1.29 is 9.47 Å². The molecule has 3 nitrogen and oxygen atoms in total. The lowest BCUT2D eigenvalue weighted by Gasteiger charge is -2.24. The fraction of sp³-hybridized carbons (Fsp3) is 0.667. The van der Waals surface area contributed by atoms with Crippen molar-refractivity contribution in [2.45, 2.75) is 57.7 Å². The molecule has 1 aromatic carbocycles. The Balaban J connectivity index is 1.55. The SMILES string of the molecule is CCCCOC1Cc2ccc(OC3CCNCC3)cc2C1. The van der Waals surface area contributed by atoms with Gasteiger partial charge >= 0.3 is 0 Å². The van der Waals surface area contributed by atoms with Crippen molar-refractivity contribution in [3.63, 3.8) is 0 Å². The summed E-state index contributed by atoms with van der Waals surface area (Å²) in [5.41, 5.74) is 2.86. The van der Waals surface area contributed by atoms with Crippen LogP contribution in [0.2, 0.25) is 0 Å². The first-order valence-electron chi connectivity index (χ1n) is 8.46. The Bertz CT molecular complexity index is 455. The van der Waals surface area contributed by atoms with Crippen LogP contribution in [0, 0.1) is 0 Å². The molecule has 1 aromatic rings. The molecule has 1 unspecified atom stereocenters. The molecule has 116 valence electrons. The van der Waals surface area contributed by atoms with Crippen LogP contribution in [-0.2, 0) is 17.6 Å². The first-order valence-corrected chi connectivity index (χ1v) is 8.46. The van der Waals surface area contributed by atoms with Gasteiger partial charge in [-0.05, 0) is 68.5 Å². The molecule has 3 heteroatoms.